The second-order valence-electron chi connectivity index (χ2n) is 5.39. The van der Waals surface area contributed by atoms with Crippen molar-refractivity contribution in [3.8, 4) is 0 Å². The topological polar surface area (TPSA) is 35.6 Å². The number of amides is 1. The van der Waals surface area contributed by atoms with Gasteiger partial charge in [0.1, 0.15) is 0 Å². The summed E-state index contributed by atoms with van der Waals surface area (Å²) >= 11 is 0. The molecule has 1 rings (SSSR count). The molecule has 0 unspecified atom stereocenters. The molecule has 1 amide bonds. The summed E-state index contributed by atoms with van der Waals surface area (Å²) in [6, 6.07) is 0. The number of rotatable bonds is 7. The number of hydrogen-bond donors (Lipinski definition) is 1. The van der Waals surface area contributed by atoms with Crippen molar-refractivity contribution in [2.75, 3.05) is 45.8 Å². The number of carbonyl (C=O) groups is 1. The average Bonchev–Trinajstić information content (AvgIpc) is 2.35. The van der Waals surface area contributed by atoms with Crippen LogP contribution in [0.4, 0.5) is 0 Å². The van der Waals surface area contributed by atoms with Crippen LogP contribution < -0.4 is 5.32 Å². The van der Waals surface area contributed by atoms with E-state index in [-0.39, 0.29) is 5.91 Å². The van der Waals surface area contributed by atoms with Gasteiger partial charge in [-0.3, -0.25) is 9.69 Å². The molecular formula is C14H27N3O. The lowest BCUT2D eigenvalue weighted by Gasteiger charge is -2.34. The first-order valence-electron chi connectivity index (χ1n) is 6.94. The van der Waals surface area contributed by atoms with Crippen molar-refractivity contribution in [2.24, 2.45) is 5.92 Å². The van der Waals surface area contributed by atoms with Gasteiger partial charge in [0.15, 0.2) is 0 Å². The number of nitrogens with zero attached hydrogens (tertiary/aromatic N) is 2. The molecule has 0 aromatic carbocycles. The van der Waals surface area contributed by atoms with Gasteiger partial charge in [-0.2, -0.15) is 0 Å². The van der Waals surface area contributed by atoms with E-state index in [0.29, 0.717) is 13.1 Å². The lowest BCUT2D eigenvalue weighted by Crippen LogP contribution is -2.49. The maximum absolute atomic E-state index is 11.6. The zero-order valence-corrected chi connectivity index (χ0v) is 11.8. The Kier molecular flexibility index (Phi) is 6.98. The molecule has 1 N–H and O–H groups in total. The fraction of sp³-hybridized carbons (Fsp3) is 0.786. The van der Waals surface area contributed by atoms with E-state index in [9.17, 15) is 4.79 Å². The van der Waals surface area contributed by atoms with Gasteiger partial charge in [0.25, 0.3) is 0 Å². The smallest absolute Gasteiger partial charge is 0.234 e. The standard InChI is InChI=1S/C14H27N3O/c1-4-6-15-14(18)12-17-10-8-16(9-11-17)7-5-13(2)3/h4,13H,1,5-12H2,2-3H3,(H,15,18). The Hall–Kier alpha value is -0.870. The third-order valence-electron chi connectivity index (χ3n) is 3.30. The molecular weight excluding hydrogens is 226 g/mol. The Morgan fingerprint density at radius 2 is 1.89 bits per heavy atom. The lowest BCUT2D eigenvalue weighted by molar-refractivity contribution is -0.122. The normalized spacial score (nSPS) is 17.9. The Morgan fingerprint density at radius 3 is 2.44 bits per heavy atom. The molecule has 0 bridgehead atoms. The van der Waals surface area contributed by atoms with Crippen molar-refractivity contribution in [2.45, 2.75) is 20.3 Å². The van der Waals surface area contributed by atoms with E-state index in [4.69, 9.17) is 0 Å². The zero-order chi connectivity index (χ0) is 13.4. The van der Waals surface area contributed by atoms with Gasteiger partial charge < -0.3 is 10.2 Å². The summed E-state index contributed by atoms with van der Waals surface area (Å²) in [6.07, 6.45) is 2.97. The molecule has 0 saturated carbocycles. The molecule has 18 heavy (non-hydrogen) atoms. The van der Waals surface area contributed by atoms with E-state index in [0.717, 1.165) is 32.1 Å². The number of hydrogen-bond acceptors (Lipinski definition) is 3. The highest BCUT2D eigenvalue weighted by Crippen LogP contribution is 2.06. The Bertz CT molecular complexity index is 258. The Morgan fingerprint density at radius 1 is 1.28 bits per heavy atom. The third kappa shape index (κ3) is 6.17. The fourth-order valence-electron chi connectivity index (χ4n) is 2.06. The van der Waals surface area contributed by atoms with Crippen molar-refractivity contribution in [1.82, 2.24) is 15.1 Å². The van der Waals surface area contributed by atoms with Crippen molar-refractivity contribution in [1.29, 1.82) is 0 Å². The first kappa shape index (κ1) is 15.2. The van der Waals surface area contributed by atoms with Gasteiger partial charge in [-0.05, 0) is 18.9 Å². The van der Waals surface area contributed by atoms with Gasteiger partial charge >= 0.3 is 0 Å². The van der Waals surface area contributed by atoms with E-state index < -0.39 is 0 Å². The van der Waals surface area contributed by atoms with E-state index in [1.165, 1.54) is 13.0 Å². The van der Waals surface area contributed by atoms with Crippen molar-refractivity contribution in [3.05, 3.63) is 12.7 Å². The molecule has 0 aliphatic carbocycles. The Balaban J connectivity index is 2.14. The maximum atomic E-state index is 11.6. The molecule has 1 aliphatic heterocycles. The van der Waals surface area contributed by atoms with E-state index in [1.54, 1.807) is 6.08 Å². The molecule has 4 heteroatoms. The van der Waals surface area contributed by atoms with Gasteiger partial charge in [-0.25, -0.2) is 0 Å². The number of carbonyl (C=O) groups excluding carboxylic acids is 1. The SMILES string of the molecule is C=CCNC(=O)CN1CCN(CCC(C)C)CC1. The minimum Gasteiger partial charge on any atom is -0.352 e. The summed E-state index contributed by atoms with van der Waals surface area (Å²) in [5, 5.41) is 2.82. The third-order valence-corrected chi connectivity index (χ3v) is 3.30. The molecule has 0 spiro atoms. The molecule has 1 heterocycles. The van der Waals surface area contributed by atoms with Crippen LogP contribution in [0.25, 0.3) is 0 Å². The summed E-state index contributed by atoms with van der Waals surface area (Å²) < 4.78 is 0. The van der Waals surface area contributed by atoms with E-state index in [2.05, 4.69) is 35.5 Å². The first-order valence-corrected chi connectivity index (χ1v) is 6.94. The van der Waals surface area contributed by atoms with Gasteiger partial charge in [0.2, 0.25) is 5.91 Å². The van der Waals surface area contributed by atoms with Gasteiger partial charge in [0.05, 0.1) is 6.54 Å². The maximum Gasteiger partial charge on any atom is 0.234 e. The predicted molar refractivity (Wildman–Crippen MR) is 75.5 cm³/mol. The summed E-state index contributed by atoms with van der Waals surface area (Å²) in [4.78, 5) is 16.3. The molecule has 0 aromatic heterocycles. The van der Waals surface area contributed by atoms with Crippen LogP contribution in [-0.4, -0.2) is 61.5 Å². The van der Waals surface area contributed by atoms with Crippen LogP contribution in [0, 0.1) is 5.92 Å². The van der Waals surface area contributed by atoms with Crippen LogP contribution in [0.2, 0.25) is 0 Å². The first-order chi connectivity index (χ1) is 8.61. The molecule has 0 atom stereocenters. The zero-order valence-electron chi connectivity index (χ0n) is 11.8. The molecule has 1 fully saturated rings. The van der Waals surface area contributed by atoms with Crippen molar-refractivity contribution in [3.63, 3.8) is 0 Å². The van der Waals surface area contributed by atoms with Gasteiger partial charge in [0, 0.05) is 32.7 Å². The highest BCUT2D eigenvalue weighted by Gasteiger charge is 2.18. The van der Waals surface area contributed by atoms with E-state index in [1.807, 2.05) is 0 Å². The minimum absolute atomic E-state index is 0.102. The van der Waals surface area contributed by atoms with Crippen molar-refractivity contribution < 1.29 is 4.79 Å². The molecule has 0 aromatic rings. The molecule has 1 aliphatic rings. The van der Waals surface area contributed by atoms with E-state index >= 15 is 0 Å². The summed E-state index contributed by atoms with van der Waals surface area (Å²) in [7, 11) is 0. The second-order valence-corrected chi connectivity index (χ2v) is 5.39. The number of piperazine rings is 1. The highest BCUT2D eigenvalue weighted by atomic mass is 16.2. The largest absolute Gasteiger partial charge is 0.352 e. The minimum atomic E-state index is 0.102. The highest BCUT2D eigenvalue weighted by molar-refractivity contribution is 5.78. The predicted octanol–water partition coefficient (Wildman–Crippen LogP) is 0.952. The number of nitrogens with one attached hydrogen (secondary N) is 1. The lowest BCUT2D eigenvalue weighted by atomic mass is 10.1. The quantitative estimate of drug-likeness (QED) is 0.686. The van der Waals surface area contributed by atoms with Crippen LogP contribution >= 0.6 is 0 Å². The van der Waals surface area contributed by atoms with Gasteiger partial charge in [-0.1, -0.05) is 19.9 Å². The molecule has 4 nitrogen and oxygen atoms in total. The fourth-order valence-corrected chi connectivity index (χ4v) is 2.06. The van der Waals surface area contributed by atoms with Crippen molar-refractivity contribution >= 4 is 5.91 Å². The average molecular weight is 253 g/mol. The Labute approximate surface area is 111 Å². The van der Waals surface area contributed by atoms with Crippen LogP contribution in [0.5, 0.6) is 0 Å². The molecule has 0 radical (unpaired) electrons. The second kappa shape index (κ2) is 8.27. The van der Waals surface area contributed by atoms with Crippen LogP contribution in [0.15, 0.2) is 12.7 Å². The van der Waals surface area contributed by atoms with Crippen LogP contribution in [0.1, 0.15) is 20.3 Å². The molecule has 1 saturated heterocycles. The monoisotopic (exact) mass is 253 g/mol. The van der Waals surface area contributed by atoms with Crippen LogP contribution in [-0.2, 0) is 4.79 Å². The molecule has 104 valence electrons. The van der Waals surface area contributed by atoms with Gasteiger partial charge in [-0.15, -0.1) is 6.58 Å². The van der Waals surface area contributed by atoms with Crippen LogP contribution in [0.3, 0.4) is 0 Å². The summed E-state index contributed by atoms with van der Waals surface area (Å²) in [5.41, 5.74) is 0. The summed E-state index contributed by atoms with van der Waals surface area (Å²) in [5.74, 6) is 0.873. The summed E-state index contributed by atoms with van der Waals surface area (Å²) in [6.45, 7) is 14.6.